The number of aromatic amines is 1. The number of nitrogens with zero attached hydrogens (tertiary/aromatic N) is 2. The molecule has 0 bridgehead atoms. The average molecular weight is 283 g/mol. The van der Waals surface area contributed by atoms with Crippen LogP contribution < -0.4 is 11.1 Å². The first-order valence-electron chi connectivity index (χ1n) is 6.66. The SMILES string of the molecule is CCNC1(C(N)=O)CCCC(Sc2n[nH]c(C)n2)C1. The Morgan fingerprint density at radius 1 is 1.68 bits per heavy atom. The van der Waals surface area contributed by atoms with Crippen molar-refractivity contribution >= 4 is 17.7 Å². The lowest BCUT2D eigenvalue weighted by atomic mass is 9.80. The number of likely N-dealkylation sites (N-methyl/N-ethyl adjacent to an activating group) is 1. The number of carbonyl (C=O) groups is 1. The number of aromatic nitrogens is 3. The fourth-order valence-electron chi connectivity index (χ4n) is 2.66. The van der Waals surface area contributed by atoms with Gasteiger partial charge in [0.05, 0.1) is 5.54 Å². The number of H-pyrrole nitrogens is 1. The van der Waals surface area contributed by atoms with Crippen molar-refractivity contribution in [1.29, 1.82) is 0 Å². The van der Waals surface area contributed by atoms with E-state index < -0.39 is 5.54 Å². The fraction of sp³-hybridized carbons (Fsp3) is 0.750. The summed E-state index contributed by atoms with van der Waals surface area (Å²) in [6.07, 6.45) is 3.63. The van der Waals surface area contributed by atoms with Gasteiger partial charge in [-0.25, -0.2) is 4.98 Å². The molecule has 1 fully saturated rings. The molecule has 2 unspecified atom stereocenters. The molecule has 0 aliphatic heterocycles. The second kappa shape index (κ2) is 5.92. The van der Waals surface area contributed by atoms with Gasteiger partial charge in [-0.2, -0.15) is 0 Å². The molecule has 2 rings (SSSR count). The molecule has 0 spiro atoms. The van der Waals surface area contributed by atoms with E-state index in [9.17, 15) is 4.79 Å². The molecular weight excluding hydrogens is 262 g/mol. The number of aryl methyl sites for hydroxylation is 1. The fourth-order valence-corrected chi connectivity index (χ4v) is 3.90. The van der Waals surface area contributed by atoms with Crippen molar-refractivity contribution in [1.82, 2.24) is 20.5 Å². The Labute approximate surface area is 117 Å². The minimum absolute atomic E-state index is 0.245. The van der Waals surface area contributed by atoms with Gasteiger partial charge >= 0.3 is 0 Å². The molecule has 4 N–H and O–H groups in total. The van der Waals surface area contributed by atoms with E-state index in [4.69, 9.17) is 5.73 Å². The first-order valence-corrected chi connectivity index (χ1v) is 7.54. The predicted molar refractivity (Wildman–Crippen MR) is 74.8 cm³/mol. The van der Waals surface area contributed by atoms with Gasteiger partial charge in [-0.15, -0.1) is 5.10 Å². The summed E-state index contributed by atoms with van der Waals surface area (Å²) in [7, 11) is 0. The maximum absolute atomic E-state index is 11.8. The molecule has 0 radical (unpaired) electrons. The topological polar surface area (TPSA) is 96.7 Å². The molecular formula is C12H21N5OS. The lowest BCUT2D eigenvalue weighted by molar-refractivity contribution is -0.125. The molecule has 1 aliphatic rings. The summed E-state index contributed by atoms with van der Waals surface area (Å²) < 4.78 is 0. The van der Waals surface area contributed by atoms with Crippen LogP contribution in [0.15, 0.2) is 5.16 Å². The van der Waals surface area contributed by atoms with Crippen molar-refractivity contribution in [3.05, 3.63) is 5.82 Å². The number of amides is 1. The van der Waals surface area contributed by atoms with Gasteiger partial charge in [-0.05, 0) is 39.2 Å². The highest BCUT2D eigenvalue weighted by Gasteiger charge is 2.41. The van der Waals surface area contributed by atoms with Crippen molar-refractivity contribution in [3.8, 4) is 0 Å². The highest BCUT2D eigenvalue weighted by Crippen LogP contribution is 2.37. The number of primary amides is 1. The van der Waals surface area contributed by atoms with Crippen molar-refractivity contribution in [2.45, 2.75) is 55.5 Å². The van der Waals surface area contributed by atoms with Crippen LogP contribution in [0.3, 0.4) is 0 Å². The van der Waals surface area contributed by atoms with Crippen molar-refractivity contribution in [2.75, 3.05) is 6.54 Å². The molecule has 1 amide bonds. The Morgan fingerprint density at radius 2 is 2.47 bits per heavy atom. The molecule has 1 aromatic rings. The van der Waals surface area contributed by atoms with E-state index in [1.807, 2.05) is 13.8 Å². The Hall–Kier alpha value is -1.08. The largest absolute Gasteiger partial charge is 0.368 e. The van der Waals surface area contributed by atoms with Crippen LogP contribution in [0.4, 0.5) is 0 Å². The van der Waals surface area contributed by atoms with Crippen LogP contribution >= 0.6 is 11.8 Å². The number of rotatable bonds is 5. The van der Waals surface area contributed by atoms with E-state index in [2.05, 4.69) is 20.5 Å². The quantitative estimate of drug-likeness (QED) is 0.748. The monoisotopic (exact) mass is 283 g/mol. The van der Waals surface area contributed by atoms with Gasteiger partial charge in [0, 0.05) is 5.25 Å². The van der Waals surface area contributed by atoms with E-state index in [0.717, 1.165) is 43.2 Å². The lowest BCUT2D eigenvalue weighted by Gasteiger charge is -2.38. The maximum Gasteiger partial charge on any atom is 0.237 e. The van der Waals surface area contributed by atoms with Gasteiger partial charge in [0.25, 0.3) is 0 Å². The first-order chi connectivity index (χ1) is 9.05. The second-order valence-corrected chi connectivity index (χ2v) is 6.28. The van der Waals surface area contributed by atoms with Crippen LogP contribution in [0.25, 0.3) is 0 Å². The molecule has 6 nitrogen and oxygen atoms in total. The van der Waals surface area contributed by atoms with Gasteiger partial charge < -0.3 is 11.1 Å². The molecule has 2 atom stereocenters. The van der Waals surface area contributed by atoms with Crippen molar-refractivity contribution < 1.29 is 4.79 Å². The Bertz CT molecular complexity index is 445. The standard InChI is InChI=1S/C12H21N5OS/c1-3-14-12(10(13)18)6-4-5-9(7-12)19-11-15-8(2)16-17-11/h9,14H,3-7H2,1-2H3,(H2,13,18)(H,15,16,17). The van der Waals surface area contributed by atoms with E-state index in [0.29, 0.717) is 5.25 Å². The average Bonchev–Trinajstić information content (AvgIpc) is 2.75. The van der Waals surface area contributed by atoms with Crippen LogP contribution in [0.5, 0.6) is 0 Å². The third-order valence-electron chi connectivity index (χ3n) is 3.54. The van der Waals surface area contributed by atoms with Gasteiger partial charge in [0.15, 0.2) is 0 Å². The summed E-state index contributed by atoms with van der Waals surface area (Å²) in [6, 6.07) is 0. The van der Waals surface area contributed by atoms with Crippen LogP contribution in [-0.2, 0) is 4.79 Å². The van der Waals surface area contributed by atoms with E-state index >= 15 is 0 Å². The molecule has 7 heteroatoms. The van der Waals surface area contributed by atoms with E-state index in [1.54, 1.807) is 11.8 Å². The molecule has 0 saturated heterocycles. The van der Waals surface area contributed by atoms with Crippen LogP contribution in [0, 0.1) is 6.92 Å². The summed E-state index contributed by atoms with van der Waals surface area (Å²) in [5.41, 5.74) is 5.04. The minimum atomic E-state index is -0.560. The molecule has 0 aromatic carbocycles. The summed E-state index contributed by atoms with van der Waals surface area (Å²) in [4.78, 5) is 16.1. The summed E-state index contributed by atoms with van der Waals surface area (Å²) in [5.74, 6) is 0.567. The van der Waals surface area contributed by atoms with Crippen LogP contribution in [0.2, 0.25) is 0 Å². The molecule has 1 heterocycles. The predicted octanol–water partition coefficient (Wildman–Crippen LogP) is 0.981. The Balaban J connectivity index is 2.05. The smallest absolute Gasteiger partial charge is 0.237 e. The number of nitrogens with two attached hydrogens (primary N) is 1. The Kier molecular flexibility index (Phi) is 4.46. The molecule has 1 saturated carbocycles. The summed E-state index contributed by atoms with van der Waals surface area (Å²) >= 11 is 1.63. The van der Waals surface area contributed by atoms with Gasteiger partial charge in [-0.1, -0.05) is 18.7 Å². The van der Waals surface area contributed by atoms with Crippen LogP contribution in [-0.4, -0.2) is 38.4 Å². The van der Waals surface area contributed by atoms with Crippen molar-refractivity contribution in [3.63, 3.8) is 0 Å². The second-order valence-electron chi connectivity index (χ2n) is 5.02. The third kappa shape index (κ3) is 3.27. The van der Waals surface area contributed by atoms with Crippen LogP contribution in [0.1, 0.15) is 38.4 Å². The number of hydrogen-bond donors (Lipinski definition) is 3. The lowest BCUT2D eigenvalue weighted by Crippen LogP contribution is -2.58. The molecule has 1 aromatic heterocycles. The molecule has 106 valence electrons. The highest BCUT2D eigenvalue weighted by atomic mass is 32.2. The normalized spacial score (nSPS) is 27.4. The number of nitrogens with one attached hydrogen (secondary N) is 2. The molecule has 1 aliphatic carbocycles. The number of hydrogen-bond acceptors (Lipinski definition) is 5. The summed E-state index contributed by atoms with van der Waals surface area (Å²) in [6.45, 7) is 4.63. The third-order valence-corrected chi connectivity index (χ3v) is 4.67. The summed E-state index contributed by atoms with van der Waals surface area (Å²) in [5, 5.41) is 11.3. The highest BCUT2D eigenvalue weighted by molar-refractivity contribution is 7.99. The van der Waals surface area contributed by atoms with Gasteiger partial charge in [-0.3, -0.25) is 9.89 Å². The number of carbonyl (C=O) groups excluding carboxylic acids is 1. The maximum atomic E-state index is 11.8. The number of thioether (sulfide) groups is 1. The van der Waals surface area contributed by atoms with Gasteiger partial charge in [0.2, 0.25) is 11.1 Å². The zero-order valence-electron chi connectivity index (χ0n) is 11.4. The molecule has 19 heavy (non-hydrogen) atoms. The van der Waals surface area contributed by atoms with Crippen molar-refractivity contribution in [2.24, 2.45) is 5.73 Å². The first kappa shape index (κ1) is 14.3. The Morgan fingerprint density at radius 3 is 3.05 bits per heavy atom. The zero-order chi connectivity index (χ0) is 13.9. The van der Waals surface area contributed by atoms with E-state index in [1.165, 1.54) is 0 Å². The zero-order valence-corrected chi connectivity index (χ0v) is 12.2. The van der Waals surface area contributed by atoms with Gasteiger partial charge in [0.1, 0.15) is 5.82 Å². The minimum Gasteiger partial charge on any atom is -0.368 e. The van der Waals surface area contributed by atoms with E-state index in [-0.39, 0.29) is 5.91 Å².